The molecule has 1 heterocycles. The van der Waals surface area contributed by atoms with Gasteiger partial charge >= 0.3 is 0 Å². The van der Waals surface area contributed by atoms with Gasteiger partial charge in [-0.1, -0.05) is 12.1 Å². The molecule has 0 unspecified atom stereocenters. The standard InChI is InChI=1S/C11H13N5O/c1-7-4-3-5-8(9(7)12)10(17)15-11-13-6-14-16(11)2/h3-6H,12H2,1-2H3,(H,13,14,15,17). The van der Waals surface area contributed by atoms with Crippen LogP contribution in [0.25, 0.3) is 0 Å². The Bertz CT molecular complexity index is 561. The topological polar surface area (TPSA) is 85.8 Å². The predicted octanol–water partition coefficient (Wildman–Crippen LogP) is 0.958. The molecule has 2 rings (SSSR count). The summed E-state index contributed by atoms with van der Waals surface area (Å²) in [5.74, 6) is 0.0956. The third-order valence-corrected chi connectivity index (χ3v) is 2.51. The van der Waals surface area contributed by atoms with E-state index in [0.29, 0.717) is 17.2 Å². The maximum absolute atomic E-state index is 12.0. The van der Waals surface area contributed by atoms with Gasteiger partial charge in [0.1, 0.15) is 6.33 Å². The van der Waals surface area contributed by atoms with E-state index in [2.05, 4.69) is 15.4 Å². The van der Waals surface area contributed by atoms with Crippen molar-refractivity contribution < 1.29 is 4.79 Å². The van der Waals surface area contributed by atoms with Crippen molar-refractivity contribution in [1.82, 2.24) is 14.8 Å². The maximum atomic E-state index is 12.0. The number of para-hydroxylation sites is 1. The molecule has 1 amide bonds. The molecule has 17 heavy (non-hydrogen) atoms. The molecule has 1 aromatic heterocycles. The fourth-order valence-electron chi connectivity index (χ4n) is 1.46. The third kappa shape index (κ3) is 2.10. The van der Waals surface area contributed by atoms with Crippen LogP contribution in [0.3, 0.4) is 0 Å². The minimum atomic E-state index is -0.290. The van der Waals surface area contributed by atoms with Crippen LogP contribution in [0.2, 0.25) is 0 Å². The summed E-state index contributed by atoms with van der Waals surface area (Å²) in [6, 6.07) is 5.32. The number of amides is 1. The summed E-state index contributed by atoms with van der Waals surface area (Å²) >= 11 is 0. The lowest BCUT2D eigenvalue weighted by Crippen LogP contribution is -2.17. The number of carbonyl (C=O) groups excluding carboxylic acids is 1. The summed E-state index contributed by atoms with van der Waals surface area (Å²) in [5.41, 5.74) is 7.63. The summed E-state index contributed by atoms with van der Waals surface area (Å²) in [5, 5.41) is 6.51. The van der Waals surface area contributed by atoms with Crippen molar-refractivity contribution in [3.05, 3.63) is 35.7 Å². The van der Waals surface area contributed by atoms with Crippen LogP contribution in [-0.2, 0) is 7.05 Å². The fraction of sp³-hybridized carbons (Fsp3) is 0.182. The summed E-state index contributed by atoms with van der Waals surface area (Å²) in [4.78, 5) is 15.9. The second kappa shape index (κ2) is 4.25. The number of aryl methyl sites for hydroxylation is 2. The molecule has 0 aliphatic carbocycles. The van der Waals surface area contributed by atoms with Gasteiger partial charge in [-0.15, -0.1) is 0 Å². The highest BCUT2D eigenvalue weighted by atomic mass is 16.1. The summed E-state index contributed by atoms with van der Waals surface area (Å²) < 4.78 is 1.48. The number of carbonyl (C=O) groups is 1. The van der Waals surface area contributed by atoms with Crippen LogP contribution >= 0.6 is 0 Å². The average Bonchev–Trinajstić information content (AvgIpc) is 2.68. The second-order valence-electron chi connectivity index (χ2n) is 3.70. The molecule has 0 bridgehead atoms. The Morgan fingerprint density at radius 1 is 1.47 bits per heavy atom. The summed E-state index contributed by atoms with van der Waals surface area (Å²) in [6.07, 6.45) is 1.37. The largest absolute Gasteiger partial charge is 0.398 e. The molecule has 0 saturated carbocycles. The van der Waals surface area contributed by atoms with Gasteiger partial charge < -0.3 is 5.73 Å². The van der Waals surface area contributed by atoms with Crippen molar-refractivity contribution in [2.45, 2.75) is 6.92 Å². The number of nitrogens with two attached hydrogens (primary N) is 1. The molecule has 88 valence electrons. The van der Waals surface area contributed by atoms with E-state index in [1.807, 2.05) is 13.0 Å². The first-order valence-electron chi connectivity index (χ1n) is 5.10. The van der Waals surface area contributed by atoms with Crippen LogP contribution in [-0.4, -0.2) is 20.7 Å². The van der Waals surface area contributed by atoms with E-state index in [1.54, 1.807) is 19.2 Å². The van der Waals surface area contributed by atoms with Crippen LogP contribution in [0.1, 0.15) is 15.9 Å². The molecule has 6 heteroatoms. The van der Waals surface area contributed by atoms with Gasteiger partial charge in [0.2, 0.25) is 5.95 Å². The zero-order chi connectivity index (χ0) is 12.4. The van der Waals surface area contributed by atoms with Crippen molar-refractivity contribution in [2.24, 2.45) is 7.05 Å². The molecule has 1 aromatic carbocycles. The number of hydrogen-bond acceptors (Lipinski definition) is 4. The van der Waals surface area contributed by atoms with Gasteiger partial charge in [-0.25, -0.2) is 4.68 Å². The van der Waals surface area contributed by atoms with Crippen LogP contribution in [0, 0.1) is 6.92 Å². The Labute approximate surface area is 98.5 Å². The van der Waals surface area contributed by atoms with Crippen molar-refractivity contribution in [3.8, 4) is 0 Å². The van der Waals surface area contributed by atoms with E-state index in [9.17, 15) is 4.79 Å². The number of nitrogens with zero attached hydrogens (tertiary/aromatic N) is 3. The number of benzene rings is 1. The fourth-order valence-corrected chi connectivity index (χ4v) is 1.46. The Morgan fingerprint density at radius 3 is 2.88 bits per heavy atom. The normalized spacial score (nSPS) is 10.2. The lowest BCUT2D eigenvalue weighted by atomic mass is 10.1. The van der Waals surface area contributed by atoms with Crippen molar-refractivity contribution in [2.75, 3.05) is 11.1 Å². The minimum absolute atomic E-state index is 0.290. The molecule has 0 radical (unpaired) electrons. The maximum Gasteiger partial charge on any atom is 0.260 e. The SMILES string of the molecule is Cc1cccc(C(=O)Nc2ncnn2C)c1N. The smallest absolute Gasteiger partial charge is 0.260 e. The first-order chi connectivity index (χ1) is 8.09. The van der Waals surface area contributed by atoms with E-state index >= 15 is 0 Å². The number of nitrogens with one attached hydrogen (secondary N) is 1. The van der Waals surface area contributed by atoms with Crippen LogP contribution in [0.15, 0.2) is 24.5 Å². The Hall–Kier alpha value is -2.37. The lowest BCUT2D eigenvalue weighted by Gasteiger charge is -2.08. The zero-order valence-electron chi connectivity index (χ0n) is 9.64. The van der Waals surface area contributed by atoms with Gasteiger partial charge in [0.05, 0.1) is 5.56 Å². The molecule has 0 fully saturated rings. The molecule has 6 nitrogen and oxygen atoms in total. The predicted molar refractivity (Wildman–Crippen MR) is 64.5 cm³/mol. The van der Waals surface area contributed by atoms with Crippen molar-refractivity contribution in [1.29, 1.82) is 0 Å². The summed E-state index contributed by atoms with van der Waals surface area (Å²) in [7, 11) is 1.70. The van der Waals surface area contributed by atoms with Gasteiger partial charge in [-0.05, 0) is 18.6 Å². The average molecular weight is 231 g/mol. The number of aromatic nitrogens is 3. The Balaban J connectivity index is 2.27. The van der Waals surface area contributed by atoms with E-state index in [1.165, 1.54) is 11.0 Å². The van der Waals surface area contributed by atoms with Gasteiger partial charge in [0.25, 0.3) is 5.91 Å². The van der Waals surface area contributed by atoms with Crippen LogP contribution in [0.4, 0.5) is 11.6 Å². The van der Waals surface area contributed by atoms with Gasteiger partial charge in [0.15, 0.2) is 0 Å². The molecule has 0 atom stereocenters. The minimum Gasteiger partial charge on any atom is -0.398 e. The van der Waals surface area contributed by atoms with Crippen LogP contribution in [0.5, 0.6) is 0 Å². The third-order valence-electron chi connectivity index (χ3n) is 2.51. The van der Waals surface area contributed by atoms with Crippen molar-refractivity contribution in [3.63, 3.8) is 0 Å². The molecular formula is C11H13N5O. The highest BCUT2D eigenvalue weighted by molar-refractivity contribution is 6.07. The van der Waals surface area contributed by atoms with Gasteiger partial charge in [0, 0.05) is 12.7 Å². The second-order valence-corrected chi connectivity index (χ2v) is 3.70. The Kier molecular flexibility index (Phi) is 2.78. The molecule has 3 N–H and O–H groups in total. The number of rotatable bonds is 2. The molecule has 0 aliphatic rings. The van der Waals surface area contributed by atoms with Crippen molar-refractivity contribution >= 4 is 17.5 Å². The van der Waals surface area contributed by atoms with Gasteiger partial charge in [-0.3, -0.25) is 10.1 Å². The molecule has 0 aliphatic heterocycles. The summed E-state index contributed by atoms with van der Waals surface area (Å²) in [6.45, 7) is 1.86. The molecule has 0 saturated heterocycles. The lowest BCUT2D eigenvalue weighted by molar-refractivity contribution is 0.102. The van der Waals surface area contributed by atoms with Gasteiger partial charge in [-0.2, -0.15) is 10.1 Å². The number of hydrogen-bond donors (Lipinski definition) is 2. The highest BCUT2D eigenvalue weighted by Gasteiger charge is 2.13. The van der Waals surface area contributed by atoms with E-state index in [0.717, 1.165) is 5.56 Å². The number of nitrogen functional groups attached to an aromatic ring is 1. The quantitative estimate of drug-likeness (QED) is 0.754. The zero-order valence-corrected chi connectivity index (χ0v) is 9.64. The highest BCUT2D eigenvalue weighted by Crippen LogP contribution is 2.17. The Morgan fingerprint density at radius 2 is 2.24 bits per heavy atom. The molecular weight excluding hydrogens is 218 g/mol. The first-order valence-corrected chi connectivity index (χ1v) is 5.10. The van der Waals surface area contributed by atoms with E-state index < -0.39 is 0 Å². The van der Waals surface area contributed by atoms with Crippen LogP contribution < -0.4 is 11.1 Å². The molecule has 2 aromatic rings. The monoisotopic (exact) mass is 231 g/mol. The van der Waals surface area contributed by atoms with E-state index in [4.69, 9.17) is 5.73 Å². The molecule has 0 spiro atoms. The van der Waals surface area contributed by atoms with E-state index in [-0.39, 0.29) is 5.91 Å². The first kappa shape index (κ1) is 11.1. The number of anilines is 2.